The van der Waals surface area contributed by atoms with Gasteiger partial charge in [-0.3, -0.25) is 9.59 Å². The van der Waals surface area contributed by atoms with E-state index in [4.69, 9.17) is 0 Å². The SMILES string of the molecule is CCc1ccc(C(=O)CCC(=O)NC(C)c2ccc(-n3ccnc3)cc2)cc1. The number of hydrogen-bond acceptors (Lipinski definition) is 3. The third kappa shape index (κ3) is 4.94. The molecule has 28 heavy (non-hydrogen) atoms. The van der Waals surface area contributed by atoms with Gasteiger partial charge in [-0.2, -0.15) is 0 Å². The quantitative estimate of drug-likeness (QED) is 0.598. The molecule has 144 valence electrons. The minimum Gasteiger partial charge on any atom is -0.350 e. The molecule has 0 saturated carbocycles. The van der Waals surface area contributed by atoms with Crippen molar-refractivity contribution in [2.75, 3.05) is 0 Å². The minimum atomic E-state index is -0.122. The first-order valence-electron chi connectivity index (χ1n) is 9.56. The lowest BCUT2D eigenvalue weighted by Crippen LogP contribution is -2.27. The number of benzene rings is 2. The normalized spacial score (nSPS) is 11.8. The molecule has 0 aliphatic rings. The van der Waals surface area contributed by atoms with Crippen LogP contribution in [0.1, 0.15) is 54.2 Å². The Balaban J connectivity index is 1.50. The van der Waals surface area contributed by atoms with Crippen LogP contribution >= 0.6 is 0 Å². The van der Waals surface area contributed by atoms with Gasteiger partial charge in [0.2, 0.25) is 5.91 Å². The molecule has 3 rings (SSSR count). The van der Waals surface area contributed by atoms with Gasteiger partial charge in [0.1, 0.15) is 0 Å². The molecular weight excluding hydrogens is 350 g/mol. The molecule has 0 saturated heterocycles. The molecule has 2 aromatic carbocycles. The van der Waals surface area contributed by atoms with Crippen LogP contribution in [0.3, 0.4) is 0 Å². The molecule has 0 aliphatic carbocycles. The van der Waals surface area contributed by atoms with Gasteiger partial charge in [-0.1, -0.05) is 43.3 Å². The largest absolute Gasteiger partial charge is 0.350 e. The number of hydrogen-bond donors (Lipinski definition) is 1. The highest BCUT2D eigenvalue weighted by molar-refractivity contribution is 5.98. The standard InChI is InChI=1S/C23H25N3O2/c1-3-18-4-6-20(7-5-18)22(27)12-13-23(28)25-17(2)19-8-10-21(11-9-19)26-15-14-24-16-26/h4-11,14-17H,3,12-13H2,1-2H3,(H,25,28). The first-order chi connectivity index (χ1) is 13.6. The van der Waals surface area contributed by atoms with Crippen LogP contribution in [0.25, 0.3) is 5.69 Å². The van der Waals surface area contributed by atoms with Crippen molar-refractivity contribution in [3.05, 3.63) is 83.9 Å². The fourth-order valence-electron chi connectivity index (χ4n) is 3.04. The molecule has 0 fully saturated rings. The Morgan fingerprint density at radius 1 is 1.04 bits per heavy atom. The molecule has 0 bridgehead atoms. The highest BCUT2D eigenvalue weighted by Crippen LogP contribution is 2.16. The van der Waals surface area contributed by atoms with Gasteiger partial charge >= 0.3 is 0 Å². The zero-order valence-electron chi connectivity index (χ0n) is 16.3. The Bertz CT molecular complexity index is 913. The number of amides is 1. The number of carbonyl (C=O) groups excluding carboxylic acids is 2. The molecule has 1 heterocycles. The van der Waals surface area contributed by atoms with Gasteiger partial charge in [-0.15, -0.1) is 0 Å². The van der Waals surface area contributed by atoms with Gasteiger partial charge in [0.05, 0.1) is 12.4 Å². The Morgan fingerprint density at radius 3 is 2.36 bits per heavy atom. The van der Waals surface area contributed by atoms with Crippen molar-refractivity contribution in [1.82, 2.24) is 14.9 Å². The van der Waals surface area contributed by atoms with Gasteiger partial charge < -0.3 is 9.88 Å². The van der Waals surface area contributed by atoms with E-state index in [1.54, 1.807) is 12.5 Å². The summed E-state index contributed by atoms with van der Waals surface area (Å²) in [6.45, 7) is 4.02. The number of Topliss-reactive ketones (excluding diaryl/α,β-unsaturated/α-hetero) is 1. The first kappa shape index (κ1) is 19.5. The van der Waals surface area contributed by atoms with Crippen LogP contribution in [-0.2, 0) is 11.2 Å². The summed E-state index contributed by atoms with van der Waals surface area (Å²) < 4.78 is 1.92. The smallest absolute Gasteiger partial charge is 0.220 e. The van der Waals surface area contributed by atoms with Crippen molar-refractivity contribution < 1.29 is 9.59 Å². The second kappa shape index (κ2) is 9.13. The molecule has 1 amide bonds. The number of carbonyl (C=O) groups is 2. The number of rotatable bonds is 8. The van der Waals surface area contributed by atoms with Crippen molar-refractivity contribution in [3.63, 3.8) is 0 Å². The number of nitrogens with one attached hydrogen (secondary N) is 1. The summed E-state index contributed by atoms with van der Waals surface area (Å²) in [5.74, 6) is -0.125. The van der Waals surface area contributed by atoms with E-state index in [-0.39, 0.29) is 30.6 Å². The van der Waals surface area contributed by atoms with Crippen LogP contribution in [0.5, 0.6) is 0 Å². The maximum Gasteiger partial charge on any atom is 0.220 e. The molecule has 1 aromatic heterocycles. The maximum atomic E-state index is 12.3. The van der Waals surface area contributed by atoms with E-state index in [1.807, 2.05) is 66.2 Å². The fraction of sp³-hybridized carbons (Fsp3) is 0.261. The summed E-state index contributed by atoms with van der Waals surface area (Å²) in [6.07, 6.45) is 6.70. The predicted molar refractivity (Wildman–Crippen MR) is 110 cm³/mol. The van der Waals surface area contributed by atoms with Crippen molar-refractivity contribution >= 4 is 11.7 Å². The second-order valence-corrected chi connectivity index (χ2v) is 6.82. The molecule has 5 heteroatoms. The summed E-state index contributed by atoms with van der Waals surface area (Å²) in [6, 6.07) is 15.4. The summed E-state index contributed by atoms with van der Waals surface area (Å²) in [4.78, 5) is 28.5. The third-order valence-corrected chi connectivity index (χ3v) is 4.84. The Labute approximate surface area is 165 Å². The Kier molecular flexibility index (Phi) is 6.37. The molecule has 0 radical (unpaired) electrons. The highest BCUT2D eigenvalue weighted by atomic mass is 16.2. The molecule has 3 aromatic rings. The van der Waals surface area contributed by atoms with Crippen LogP contribution in [0.4, 0.5) is 0 Å². The summed E-state index contributed by atoms with van der Waals surface area (Å²) >= 11 is 0. The number of imidazole rings is 1. The predicted octanol–water partition coefficient (Wildman–Crippen LogP) is 4.28. The Hall–Kier alpha value is -3.21. The molecular formula is C23H25N3O2. The van der Waals surface area contributed by atoms with Gasteiger partial charge in [-0.25, -0.2) is 4.98 Å². The van der Waals surface area contributed by atoms with Crippen molar-refractivity contribution in [3.8, 4) is 5.69 Å². The van der Waals surface area contributed by atoms with Crippen molar-refractivity contribution in [1.29, 1.82) is 0 Å². The van der Waals surface area contributed by atoms with E-state index in [0.29, 0.717) is 5.56 Å². The van der Waals surface area contributed by atoms with Gasteiger partial charge in [-0.05, 0) is 36.6 Å². The number of ketones is 1. The van der Waals surface area contributed by atoms with Crippen molar-refractivity contribution in [2.45, 2.75) is 39.2 Å². The topological polar surface area (TPSA) is 64.0 Å². The first-order valence-corrected chi connectivity index (χ1v) is 9.56. The second-order valence-electron chi connectivity index (χ2n) is 6.82. The van der Waals surface area contributed by atoms with E-state index in [9.17, 15) is 9.59 Å². The number of nitrogens with zero attached hydrogens (tertiary/aromatic N) is 2. The summed E-state index contributed by atoms with van der Waals surface area (Å²) in [7, 11) is 0. The zero-order valence-corrected chi connectivity index (χ0v) is 16.3. The molecule has 1 N–H and O–H groups in total. The molecule has 1 unspecified atom stereocenters. The van der Waals surface area contributed by atoms with E-state index >= 15 is 0 Å². The third-order valence-electron chi connectivity index (χ3n) is 4.84. The molecule has 0 spiro atoms. The highest BCUT2D eigenvalue weighted by Gasteiger charge is 2.13. The molecule has 1 atom stereocenters. The fourth-order valence-corrected chi connectivity index (χ4v) is 3.04. The lowest BCUT2D eigenvalue weighted by molar-refractivity contribution is -0.121. The van der Waals surface area contributed by atoms with Crippen LogP contribution in [0.2, 0.25) is 0 Å². The summed E-state index contributed by atoms with van der Waals surface area (Å²) in [5, 5.41) is 2.97. The zero-order chi connectivity index (χ0) is 19.9. The van der Waals surface area contributed by atoms with Gasteiger partial charge in [0.25, 0.3) is 0 Å². The van der Waals surface area contributed by atoms with E-state index in [0.717, 1.165) is 17.7 Å². The molecule has 5 nitrogen and oxygen atoms in total. The van der Waals surface area contributed by atoms with Gasteiger partial charge in [0.15, 0.2) is 5.78 Å². The monoisotopic (exact) mass is 375 g/mol. The van der Waals surface area contributed by atoms with E-state index in [2.05, 4.69) is 17.2 Å². The van der Waals surface area contributed by atoms with Gasteiger partial charge in [0, 0.05) is 36.5 Å². The van der Waals surface area contributed by atoms with Crippen LogP contribution < -0.4 is 5.32 Å². The van der Waals surface area contributed by atoms with E-state index in [1.165, 1.54) is 5.56 Å². The van der Waals surface area contributed by atoms with Crippen LogP contribution in [-0.4, -0.2) is 21.2 Å². The van der Waals surface area contributed by atoms with Crippen LogP contribution in [0, 0.1) is 0 Å². The van der Waals surface area contributed by atoms with Crippen molar-refractivity contribution in [2.24, 2.45) is 0 Å². The average Bonchev–Trinajstić information content (AvgIpc) is 3.27. The lowest BCUT2D eigenvalue weighted by Gasteiger charge is -2.15. The number of aryl methyl sites for hydroxylation is 1. The maximum absolute atomic E-state index is 12.3. The van der Waals surface area contributed by atoms with Crippen LogP contribution in [0.15, 0.2) is 67.3 Å². The Morgan fingerprint density at radius 2 is 1.75 bits per heavy atom. The minimum absolute atomic E-state index is 0.00450. The molecule has 0 aliphatic heterocycles. The van der Waals surface area contributed by atoms with E-state index < -0.39 is 0 Å². The average molecular weight is 375 g/mol. The summed E-state index contributed by atoms with van der Waals surface area (Å²) in [5.41, 5.74) is 3.88. The lowest BCUT2D eigenvalue weighted by atomic mass is 10.0. The number of aromatic nitrogens is 2.